The Balaban J connectivity index is 2.04. The minimum atomic E-state index is -4.35. The lowest BCUT2D eigenvalue weighted by molar-refractivity contribution is -0.137. The van der Waals surface area contributed by atoms with Crippen LogP contribution in [0.2, 0.25) is 0 Å². The zero-order chi connectivity index (χ0) is 17.0. The Labute approximate surface area is 132 Å². The third-order valence-corrected chi connectivity index (χ3v) is 3.36. The van der Waals surface area contributed by atoms with Gasteiger partial charge in [-0.3, -0.25) is 4.79 Å². The molecular weight excluding hydrogens is 303 g/mol. The Morgan fingerprint density at radius 3 is 2.30 bits per heavy atom. The van der Waals surface area contributed by atoms with E-state index in [9.17, 15) is 18.0 Å². The summed E-state index contributed by atoms with van der Waals surface area (Å²) in [6.07, 6.45) is -1.57. The first-order chi connectivity index (χ1) is 10.8. The number of aryl methyl sites for hydroxylation is 2. The van der Waals surface area contributed by atoms with E-state index in [1.54, 1.807) is 6.07 Å². The van der Waals surface area contributed by atoms with Crippen LogP contribution in [0.5, 0.6) is 0 Å². The molecule has 0 fully saturated rings. The zero-order valence-electron chi connectivity index (χ0n) is 12.7. The van der Waals surface area contributed by atoms with Crippen LogP contribution >= 0.6 is 0 Å². The van der Waals surface area contributed by atoms with E-state index in [4.69, 9.17) is 0 Å². The van der Waals surface area contributed by atoms with E-state index in [0.717, 1.165) is 23.3 Å². The molecule has 2 aromatic rings. The lowest BCUT2D eigenvalue weighted by atomic mass is 10.0. The molecule has 23 heavy (non-hydrogen) atoms. The van der Waals surface area contributed by atoms with Crippen molar-refractivity contribution in [3.05, 3.63) is 77.0 Å². The average Bonchev–Trinajstić information content (AvgIpc) is 2.49. The van der Waals surface area contributed by atoms with Crippen LogP contribution in [0.1, 0.15) is 27.0 Å². The van der Waals surface area contributed by atoms with Gasteiger partial charge in [-0.25, -0.2) is 0 Å². The predicted molar refractivity (Wildman–Crippen MR) is 84.5 cm³/mol. The monoisotopic (exact) mass is 319 g/mol. The van der Waals surface area contributed by atoms with Crippen molar-refractivity contribution >= 4 is 11.5 Å². The van der Waals surface area contributed by atoms with Crippen LogP contribution in [-0.4, -0.2) is 5.78 Å². The summed E-state index contributed by atoms with van der Waals surface area (Å²) < 4.78 is 37.4. The molecule has 5 heteroatoms. The van der Waals surface area contributed by atoms with Crippen molar-refractivity contribution in [3.8, 4) is 0 Å². The van der Waals surface area contributed by atoms with Crippen LogP contribution in [0.15, 0.2) is 54.7 Å². The fraction of sp³-hybridized carbons (Fsp3) is 0.167. The van der Waals surface area contributed by atoms with Crippen LogP contribution in [-0.2, 0) is 6.18 Å². The molecule has 0 aliphatic rings. The molecule has 0 saturated carbocycles. The second kappa shape index (κ2) is 6.69. The van der Waals surface area contributed by atoms with E-state index in [1.165, 1.54) is 24.4 Å². The van der Waals surface area contributed by atoms with E-state index >= 15 is 0 Å². The summed E-state index contributed by atoms with van der Waals surface area (Å²) in [6.45, 7) is 3.75. The first-order valence-electron chi connectivity index (χ1n) is 6.99. The average molecular weight is 319 g/mol. The smallest absolute Gasteiger partial charge is 0.362 e. The van der Waals surface area contributed by atoms with Crippen LogP contribution < -0.4 is 5.32 Å². The van der Waals surface area contributed by atoms with Crippen LogP contribution in [0.25, 0.3) is 0 Å². The van der Waals surface area contributed by atoms with Crippen molar-refractivity contribution < 1.29 is 18.0 Å². The van der Waals surface area contributed by atoms with Gasteiger partial charge in [0.1, 0.15) is 0 Å². The molecule has 120 valence electrons. The van der Waals surface area contributed by atoms with Crippen molar-refractivity contribution in [2.75, 3.05) is 5.32 Å². The van der Waals surface area contributed by atoms with Gasteiger partial charge < -0.3 is 5.32 Å². The number of rotatable bonds is 4. The number of alkyl halides is 3. The number of allylic oxidation sites excluding steroid dienone is 1. The molecule has 0 unspecified atom stereocenters. The van der Waals surface area contributed by atoms with Crippen molar-refractivity contribution in [2.45, 2.75) is 20.0 Å². The minimum Gasteiger partial charge on any atom is -0.362 e. The number of halogens is 3. The summed E-state index contributed by atoms with van der Waals surface area (Å²) in [5.74, 6) is -0.161. The molecule has 0 heterocycles. The Kier molecular flexibility index (Phi) is 4.89. The third kappa shape index (κ3) is 4.45. The predicted octanol–water partition coefficient (Wildman–Crippen LogP) is 5.13. The van der Waals surface area contributed by atoms with Gasteiger partial charge in [0.05, 0.1) is 5.56 Å². The highest BCUT2D eigenvalue weighted by atomic mass is 19.4. The SMILES string of the molecule is Cc1ccc(C)c(C(=O)/C=C/Nc2ccc(C(F)(F)F)cc2)c1. The van der Waals surface area contributed by atoms with Gasteiger partial charge in [0.25, 0.3) is 0 Å². The first-order valence-corrected chi connectivity index (χ1v) is 6.99. The van der Waals surface area contributed by atoms with Gasteiger partial charge in [-0.15, -0.1) is 0 Å². The summed E-state index contributed by atoms with van der Waals surface area (Å²) in [6, 6.07) is 10.2. The van der Waals surface area contributed by atoms with Crippen molar-refractivity contribution in [1.82, 2.24) is 0 Å². The topological polar surface area (TPSA) is 29.1 Å². The molecule has 0 amide bonds. The summed E-state index contributed by atoms with van der Waals surface area (Å²) in [4.78, 5) is 12.1. The molecule has 0 aliphatic heterocycles. The Bertz CT molecular complexity index is 731. The molecule has 0 radical (unpaired) electrons. The van der Waals surface area contributed by atoms with E-state index in [1.807, 2.05) is 26.0 Å². The highest BCUT2D eigenvalue weighted by molar-refractivity contribution is 6.05. The number of hydrogen-bond donors (Lipinski definition) is 1. The first kappa shape index (κ1) is 16.8. The molecule has 2 aromatic carbocycles. The Morgan fingerprint density at radius 2 is 1.70 bits per heavy atom. The normalized spacial score (nSPS) is 11.7. The largest absolute Gasteiger partial charge is 0.416 e. The van der Waals surface area contributed by atoms with Crippen LogP contribution in [0.3, 0.4) is 0 Å². The number of ketones is 1. The number of carbonyl (C=O) groups is 1. The maximum absolute atomic E-state index is 12.5. The van der Waals surface area contributed by atoms with Gasteiger partial charge >= 0.3 is 6.18 Å². The molecule has 0 aromatic heterocycles. The maximum Gasteiger partial charge on any atom is 0.416 e. The summed E-state index contributed by atoms with van der Waals surface area (Å²) in [5, 5.41) is 2.79. The van der Waals surface area contributed by atoms with E-state index < -0.39 is 11.7 Å². The molecule has 2 rings (SSSR count). The van der Waals surface area contributed by atoms with Gasteiger partial charge in [-0.2, -0.15) is 13.2 Å². The lowest BCUT2D eigenvalue weighted by Gasteiger charge is -2.07. The summed E-state index contributed by atoms with van der Waals surface area (Å²) in [7, 11) is 0. The van der Waals surface area contributed by atoms with Gasteiger partial charge in [0.2, 0.25) is 0 Å². The summed E-state index contributed by atoms with van der Waals surface area (Å²) in [5.41, 5.74) is 2.24. The van der Waals surface area contributed by atoms with Crippen molar-refractivity contribution in [3.63, 3.8) is 0 Å². The second-order valence-electron chi connectivity index (χ2n) is 5.24. The molecule has 0 saturated heterocycles. The van der Waals surface area contributed by atoms with Gasteiger partial charge in [0, 0.05) is 23.5 Å². The Hall–Kier alpha value is -2.56. The van der Waals surface area contributed by atoms with Gasteiger partial charge in [0.15, 0.2) is 5.78 Å². The fourth-order valence-electron chi connectivity index (χ4n) is 2.06. The second-order valence-corrected chi connectivity index (χ2v) is 5.24. The van der Waals surface area contributed by atoms with E-state index in [-0.39, 0.29) is 5.78 Å². The number of nitrogens with one attached hydrogen (secondary N) is 1. The van der Waals surface area contributed by atoms with Crippen molar-refractivity contribution in [1.29, 1.82) is 0 Å². The molecule has 2 nitrogen and oxygen atoms in total. The lowest BCUT2D eigenvalue weighted by Crippen LogP contribution is -2.04. The Morgan fingerprint density at radius 1 is 1.04 bits per heavy atom. The molecule has 0 atom stereocenters. The van der Waals surface area contributed by atoms with E-state index in [2.05, 4.69) is 5.32 Å². The number of hydrogen-bond acceptors (Lipinski definition) is 2. The number of anilines is 1. The highest BCUT2D eigenvalue weighted by Gasteiger charge is 2.29. The quantitative estimate of drug-likeness (QED) is 0.625. The highest BCUT2D eigenvalue weighted by Crippen LogP contribution is 2.29. The van der Waals surface area contributed by atoms with Crippen LogP contribution in [0.4, 0.5) is 18.9 Å². The molecule has 0 bridgehead atoms. The third-order valence-electron chi connectivity index (χ3n) is 3.36. The molecule has 1 N–H and O–H groups in total. The fourth-order valence-corrected chi connectivity index (χ4v) is 2.06. The van der Waals surface area contributed by atoms with Gasteiger partial charge in [-0.1, -0.05) is 17.7 Å². The number of carbonyl (C=O) groups excluding carboxylic acids is 1. The number of benzene rings is 2. The van der Waals surface area contributed by atoms with Crippen LogP contribution in [0, 0.1) is 13.8 Å². The maximum atomic E-state index is 12.5. The van der Waals surface area contributed by atoms with E-state index in [0.29, 0.717) is 11.3 Å². The zero-order valence-corrected chi connectivity index (χ0v) is 12.7. The van der Waals surface area contributed by atoms with Gasteiger partial charge in [-0.05, 0) is 49.7 Å². The standard InChI is InChI=1S/C18H16F3NO/c1-12-3-4-13(2)16(11-12)17(23)9-10-22-15-7-5-14(6-8-15)18(19,20)21/h3-11,22H,1-2H3/b10-9+. The minimum absolute atomic E-state index is 0.161. The van der Waals surface area contributed by atoms with Crippen molar-refractivity contribution in [2.24, 2.45) is 0 Å². The molecule has 0 aliphatic carbocycles. The summed E-state index contributed by atoms with van der Waals surface area (Å²) >= 11 is 0. The molecule has 0 spiro atoms. The molecular formula is C18H16F3NO.